The third kappa shape index (κ3) is 2.16. The number of fused-ring (bicyclic) bond motifs is 1. The normalized spacial score (nSPS) is 13.8. The van der Waals surface area contributed by atoms with E-state index in [0.29, 0.717) is 12.1 Å². The third-order valence-corrected chi connectivity index (χ3v) is 3.78. The van der Waals surface area contributed by atoms with Crippen molar-refractivity contribution in [2.75, 3.05) is 11.9 Å². The van der Waals surface area contributed by atoms with Gasteiger partial charge >= 0.3 is 0 Å². The molecule has 2 aromatic rings. The lowest BCUT2D eigenvalue weighted by Gasteiger charge is -2.23. The van der Waals surface area contributed by atoms with Crippen LogP contribution in [-0.2, 0) is 13.0 Å². The van der Waals surface area contributed by atoms with E-state index >= 15 is 0 Å². The largest absolute Gasteiger partial charge is 0.385 e. The van der Waals surface area contributed by atoms with Crippen molar-refractivity contribution in [2.45, 2.75) is 19.4 Å². The molecule has 0 aromatic heterocycles. The SMILES string of the molecule is NCc1c(-c2ccc(F)cc2F)ccc2c1CCCN2. The Morgan fingerprint density at radius 2 is 1.90 bits per heavy atom. The molecule has 0 bridgehead atoms. The molecule has 2 nitrogen and oxygen atoms in total. The summed E-state index contributed by atoms with van der Waals surface area (Å²) in [6.45, 7) is 1.29. The predicted molar refractivity (Wildman–Crippen MR) is 76.5 cm³/mol. The molecule has 0 saturated carbocycles. The molecule has 0 unspecified atom stereocenters. The Balaban J connectivity index is 2.18. The van der Waals surface area contributed by atoms with Crippen LogP contribution >= 0.6 is 0 Å². The Hall–Kier alpha value is -1.94. The summed E-state index contributed by atoms with van der Waals surface area (Å²) in [7, 11) is 0. The van der Waals surface area contributed by atoms with Gasteiger partial charge in [0, 0.05) is 30.4 Å². The van der Waals surface area contributed by atoms with E-state index in [1.165, 1.54) is 12.1 Å². The molecule has 0 radical (unpaired) electrons. The van der Waals surface area contributed by atoms with Gasteiger partial charge in [-0.15, -0.1) is 0 Å². The summed E-state index contributed by atoms with van der Waals surface area (Å²) >= 11 is 0. The molecule has 0 spiro atoms. The van der Waals surface area contributed by atoms with Crippen LogP contribution in [0.3, 0.4) is 0 Å². The zero-order chi connectivity index (χ0) is 14.1. The molecule has 2 aromatic carbocycles. The summed E-state index contributed by atoms with van der Waals surface area (Å²) in [6.07, 6.45) is 1.97. The van der Waals surface area contributed by atoms with Crippen LogP contribution in [-0.4, -0.2) is 6.54 Å². The van der Waals surface area contributed by atoms with Crippen molar-refractivity contribution in [1.29, 1.82) is 0 Å². The molecule has 0 fully saturated rings. The van der Waals surface area contributed by atoms with Crippen molar-refractivity contribution in [3.05, 3.63) is 53.1 Å². The molecule has 3 rings (SSSR count). The van der Waals surface area contributed by atoms with Gasteiger partial charge in [-0.05, 0) is 47.7 Å². The van der Waals surface area contributed by atoms with Crippen molar-refractivity contribution in [3.8, 4) is 11.1 Å². The van der Waals surface area contributed by atoms with Gasteiger partial charge in [-0.25, -0.2) is 8.78 Å². The average molecular weight is 274 g/mol. The second-order valence-electron chi connectivity index (χ2n) is 4.98. The topological polar surface area (TPSA) is 38.0 Å². The van der Waals surface area contributed by atoms with Gasteiger partial charge in [-0.3, -0.25) is 0 Å². The highest BCUT2D eigenvalue weighted by atomic mass is 19.1. The standard InChI is InChI=1S/C16H16F2N2/c17-10-3-4-12(15(18)8-10)11-5-6-16-13(14(11)9-19)2-1-7-20-16/h3-6,8,20H,1-2,7,9,19H2. The highest BCUT2D eigenvalue weighted by Crippen LogP contribution is 2.34. The smallest absolute Gasteiger partial charge is 0.133 e. The van der Waals surface area contributed by atoms with E-state index in [2.05, 4.69) is 5.32 Å². The Morgan fingerprint density at radius 1 is 1.10 bits per heavy atom. The monoisotopic (exact) mass is 274 g/mol. The van der Waals surface area contributed by atoms with Gasteiger partial charge < -0.3 is 11.1 Å². The number of halogens is 2. The van der Waals surface area contributed by atoms with Gasteiger partial charge in [0.1, 0.15) is 11.6 Å². The van der Waals surface area contributed by atoms with Crippen LogP contribution in [0, 0.1) is 11.6 Å². The van der Waals surface area contributed by atoms with E-state index in [-0.39, 0.29) is 0 Å². The van der Waals surface area contributed by atoms with Gasteiger partial charge in [-0.1, -0.05) is 6.07 Å². The first kappa shape index (κ1) is 13.1. The molecule has 4 heteroatoms. The molecule has 0 aliphatic carbocycles. The Labute approximate surface area is 116 Å². The lowest BCUT2D eigenvalue weighted by Crippen LogP contribution is -2.15. The van der Waals surface area contributed by atoms with Crippen LogP contribution in [0.2, 0.25) is 0 Å². The first-order chi connectivity index (χ1) is 9.70. The second kappa shape index (κ2) is 5.21. The summed E-state index contributed by atoms with van der Waals surface area (Å²) in [4.78, 5) is 0. The summed E-state index contributed by atoms with van der Waals surface area (Å²) in [6, 6.07) is 7.47. The van der Waals surface area contributed by atoms with Crippen LogP contribution in [0.25, 0.3) is 11.1 Å². The van der Waals surface area contributed by atoms with Gasteiger partial charge in [0.05, 0.1) is 0 Å². The molecule has 1 aliphatic heterocycles. The van der Waals surface area contributed by atoms with Gasteiger partial charge in [0.25, 0.3) is 0 Å². The fourth-order valence-corrected chi connectivity index (χ4v) is 2.83. The third-order valence-electron chi connectivity index (χ3n) is 3.78. The van der Waals surface area contributed by atoms with Crippen molar-refractivity contribution >= 4 is 5.69 Å². The first-order valence-electron chi connectivity index (χ1n) is 6.75. The van der Waals surface area contributed by atoms with Crippen LogP contribution in [0.15, 0.2) is 30.3 Å². The van der Waals surface area contributed by atoms with E-state index < -0.39 is 11.6 Å². The molecule has 20 heavy (non-hydrogen) atoms. The fourth-order valence-electron chi connectivity index (χ4n) is 2.83. The number of anilines is 1. The highest BCUT2D eigenvalue weighted by Gasteiger charge is 2.18. The van der Waals surface area contributed by atoms with Crippen molar-refractivity contribution in [1.82, 2.24) is 0 Å². The number of benzene rings is 2. The lowest BCUT2D eigenvalue weighted by atomic mass is 9.90. The molecule has 0 atom stereocenters. The molecular weight excluding hydrogens is 258 g/mol. The maximum absolute atomic E-state index is 14.0. The molecule has 1 heterocycles. The van der Waals surface area contributed by atoms with E-state index in [0.717, 1.165) is 47.8 Å². The van der Waals surface area contributed by atoms with Crippen molar-refractivity contribution in [3.63, 3.8) is 0 Å². The van der Waals surface area contributed by atoms with Crippen LogP contribution in [0.4, 0.5) is 14.5 Å². The zero-order valence-corrected chi connectivity index (χ0v) is 11.0. The van der Waals surface area contributed by atoms with E-state index in [4.69, 9.17) is 5.73 Å². The van der Waals surface area contributed by atoms with Gasteiger partial charge in [0.2, 0.25) is 0 Å². The van der Waals surface area contributed by atoms with Gasteiger partial charge in [-0.2, -0.15) is 0 Å². The number of rotatable bonds is 2. The first-order valence-corrected chi connectivity index (χ1v) is 6.75. The maximum Gasteiger partial charge on any atom is 0.133 e. The van der Waals surface area contributed by atoms with Crippen LogP contribution in [0.1, 0.15) is 17.5 Å². The molecule has 0 amide bonds. The summed E-state index contributed by atoms with van der Waals surface area (Å²) in [5.41, 5.74) is 10.2. The Bertz CT molecular complexity index is 653. The summed E-state index contributed by atoms with van der Waals surface area (Å²) < 4.78 is 27.0. The fraction of sp³-hybridized carbons (Fsp3) is 0.250. The van der Waals surface area contributed by atoms with Crippen molar-refractivity contribution < 1.29 is 8.78 Å². The minimum absolute atomic E-state index is 0.344. The Morgan fingerprint density at radius 3 is 2.65 bits per heavy atom. The quantitative estimate of drug-likeness (QED) is 0.880. The molecular formula is C16H16F2N2. The zero-order valence-electron chi connectivity index (χ0n) is 11.0. The molecule has 104 valence electrons. The minimum atomic E-state index is -0.569. The summed E-state index contributed by atoms with van der Waals surface area (Å²) in [5.74, 6) is -1.12. The number of nitrogens with one attached hydrogen (secondary N) is 1. The average Bonchev–Trinajstić information content (AvgIpc) is 2.46. The molecule has 3 N–H and O–H groups in total. The highest BCUT2D eigenvalue weighted by molar-refractivity contribution is 5.74. The van der Waals surface area contributed by atoms with Crippen molar-refractivity contribution in [2.24, 2.45) is 5.73 Å². The van der Waals surface area contributed by atoms with Gasteiger partial charge in [0.15, 0.2) is 0 Å². The number of hydrogen-bond donors (Lipinski definition) is 2. The summed E-state index contributed by atoms with van der Waals surface area (Å²) in [5, 5.41) is 3.33. The van der Waals surface area contributed by atoms with E-state index in [1.807, 2.05) is 12.1 Å². The molecule has 1 aliphatic rings. The maximum atomic E-state index is 14.0. The lowest BCUT2D eigenvalue weighted by molar-refractivity contribution is 0.585. The van der Waals surface area contributed by atoms with E-state index in [9.17, 15) is 8.78 Å². The molecule has 0 saturated heterocycles. The van der Waals surface area contributed by atoms with Crippen LogP contribution in [0.5, 0.6) is 0 Å². The number of hydrogen-bond acceptors (Lipinski definition) is 2. The van der Waals surface area contributed by atoms with Crippen LogP contribution < -0.4 is 11.1 Å². The van der Waals surface area contributed by atoms with E-state index in [1.54, 1.807) is 0 Å². The second-order valence-corrected chi connectivity index (χ2v) is 4.98. The Kier molecular flexibility index (Phi) is 3.40. The minimum Gasteiger partial charge on any atom is -0.385 e. The predicted octanol–water partition coefficient (Wildman–Crippen LogP) is 3.45. The number of nitrogens with two attached hydrogens (primary N) is 1.